The van der Waals surface area contributed by atoms with Gasteiger partial charge in [0.25, 0.3) is 0 Å². The van der Waals surface area contributed by atoms with Crippen molar-refractivity contribution < 1.29 is 4.74 Å². The SMILES string of the molecule is COc1cc(N2CCCCC2CCCl)ccn1. The number of anilines is 1. The molecule has 0 spiro atoms. The van der Waals surface area contributed by atoms with Crippen LogP contribution in [0.15, 0.2) is 18.3 Å². The van der Waals surface area contributed by atoms with Gasteiger partial charge in [0.1, 0.15) is 0 Å². The fourth-order valence-electron chi connectivity index (χ4n) is 2.46. The van der Waals surface area contributed by atoms with Crippen LogP contribution in [-0.4, -0.2) is 30.6 Å². The van der Waals surface area contributed by atoms with Crippen molar-refractivity contribution in [2.45, 2.75) is 31.7 Å². The number of ether oxygens (including phenoxy) is 1. The van der Waals surface area contributed by atoms with Gasteiger partial charge in [-0.05, 0) is 31.7 Å². The lowest BCUT2D eigenvalue weighted by Crippen LogP contribution is -2.39. The minimum absolute atomic E-state index is 0.563. The van der Waals surface area contributed by atoms with Crippen molar-refractivity contribution >= 4 is 17.3 Å². The first kappa shape index (κ1) is 12.5. The lowest BCUT2D eigenvalue weighted by atomic mass is 9.99. The Bertz CT molecular complexity index is 357. The van der Waals surface area contributed by atoms with Crippen LogP contribution in [0.1, 0.15) is 25.7 Å². The quantitative estimate of drug-likeness (QED) is 0.773. The molecule has 3 nitrogen and oxygen atoms in total. The van der Waals surface area contributed by atoms with Crippen molar-refractivity contribution in [3.63, 3.8) is 0 Å². The van der Waals surface area contributed by atoms with E-state index >= 15 is 0 Å². The van der Waals surface area contributed by atoms with Crippen molar-refractivity contribution in [1.82, 2.24) is 4.98 Å². The molecule has 1 unspecified atom stereocenters. The van der Waals surface area contributed by atoms with Crippen LogP contribution in [0.2, 0.25) is 0 Å². The lowest BCUT2D eigenvalue weighted by Gasteiger charge is -2.37. The Balaban J connectivity index is 2.16. The molecule has 1 aliphatic heterocycles. The third-order valence-corrected chi connectivity index (χ3v) is 3.55. The minimum Gasteiger partial charge on any atom is -0.481 e. The number of hydrogen-bond donors (Lipinski definition) is 0. The summed E-state index contributed by atoms with van der Waals surface area (Å²) < 4.78 is 5.18. The van der Waals surface area contributed by atoms with Crippen LogP contribution in [0.5, 0.6) is 5.88 Å². The second kappa shape index (κ2) is 6.10. The molecule has 1 aromatic heterocycles. The van der Waals surface area contributed by atoms with Crippen molar-refractivity contribution in [3.05, 3.63) is 18.3 Å². The average molecular weight is 255 g/mol. The first-order valence-corrected chi connectivity index (χ1v) is 6.71. The fourth-order valence-corrected chi connectivity index (χ4v) is 2.71. The van der Waals surface area contributed by atoms with E-state index in [4.69, 9.17) is 16.3 Å². The molecule has 0 bridgehead atoms. The number of nitrogens with zero attached hydrogens (tertiary/aromatic N) is 2. The molecule has 0 aromatic carbocycles. The Hall–Kier alpha value is -0.960. The number of halogens is 1. The molecule has 0 N–H and O–H groups in total. The van der Waals surface area contributed by atoms with Gasteiger partial charge in [-0.15, -0.1) is 11.6 Å². The summed E-state index contributed by atoms with van der Waals surface area (Å²) in [6.45, 7) is 1.11. The van der Waals surface area contributed by atoms with Crippen LogP contribution in [0.25, 0.3) is 0 Å². The predicted molar refractivity (Wildman–Crippen MR) is 71.1 cm³/mol. The Morgan fingerprint density at radius 3 is 3.18 bits per heavy atom. The van der Waals surface area contributed by atoms with E-state index in [-0.39, 0.29) is 0 Å². The number of alkyl halides is 1. The van der Waals surface area contributed by atoms with E-state index < -0.39 is 0 Å². The first-order valence-electron chi connectivity index (χ1n) is 6.18. The molecule has 1 aliphatic rings. The summed E-state index contributed by atoms with van der Waals surface area (Å²) in [4.78, 5) is 6.59. The molecule has 0 radical (unpaired) electrons. The van der Waals surface area contributed by atoms with E-state index in [1.54, 1.807) is 13.3 Å². The van der Waals surface area contributed by atoms with E-state index in [1.165, 1.54) is 24.9 Å². The van der Waals surface area contributed by atoms with E-state index in [0.717, 1.165) is 18.8 Å². The predicted octanol–water partition coefficient (Wildman–Crippen LogP) is 3.08. The first-order chi connectivity index (χ1) is 8.35. The molecule has 94 valence electrons. The van der Waals surface area contributed by atoms with Gasteiger partial charge in [0, 0.05) is 36.4 Å². The van der Waals surface area contributed by atoms with Gasteiger partial charge in [0.2, 0.25) is 5.88 Å². The standard InChI is InChI=1S/C13H19ClN2O/c1-17-13-10-12(6-8-15-13)16-9-3-2-4-11(16)5-7-14/h6,8,10-11H,2-5,7,9H2,1H3. The van der Waals surface area contributed by atoms with Crippen molar-refractivity contribution in [2.24, 2.45) is 0 Å². The van der Waals surface area contributed by atoms with Gasteiger partial charge in [-0.3, -0.25) is 0 Å². The molecule has 2 rings (SSSR count). The molecule has 1 saturated heterocycles. The molecule has 0 aliphatic carbocycles. The average Bonchev–Trinajstić information content (AvgIpc) is 2.40. The molecule has 1 fully saturated rings. The van der Waals surface area contributed by atoms with E-state index in [2.05, 4.69) is 16.0 Å². The number of hydrogen-bond acceptors (Lipinski definition) is 3. The van der Waals surface area contributed by atoms with Crippen molar-refractivity contribution in [2.75, 3.05) is 24.4 Å². The summed E-state index contributed by atoms with van der Waals surface area (Å²) in [5.74, 6) is 1.40. The van der Waals surface area contributed by atoms with E-state index in [9.17, 15) is 0 Å². The van der Waals surface area contributed by atoms with Gasteiger partial charge in [-0.1, -0.05) is 0 Å². The van der Waals surface area contributed by atoms with Gasteiger partial charge in [0.05, 0.1) is 7.11 Å². The summed E-state index contributed by atoms with van der Waals surface area (Å²) in [6.07, 6.45) is 6.65. The minimum atomic E-state index is 0.563. The molecule has 1 aromatic rings. The van der Waals surface area contributed by atoms with Crippen molar-refractivity contribution in [1.29, 1.82) is 0 Å². The molecule has 0 saturated carbocycles. The number of piperidine rings is 1. The summed E-state index contributed by atoms with van der Waals surface area (Å²) in [5.41, 5.74) is 1.20. The maximum atomic E-state index is 5.88. The summed E-state index contributed by atoms with van der Waals surface area (Å²) >= 11 is 5.88. The highest BCUT2D eigenvalue weighted by Crippen LogP contribution is 2.28. The van der Waals surface area contributed by atoms with Gasteiger partial charge < -0.3 is 9.64 Å². The van der Waals surface area contributed by atoms with Crippen LogP contribution in [-0.2, 0) is 0 Å². The number of rotatable bonds is 4. The van der Waals surface area contributed by atoms with Gasteiger partial charge >= 0.3 is 0 Å². The summed E-state index contributed by atoms with van der Waals surface area (Å²) in [6, 6.07) is 4.62. The Morgan fingerprint density at radius 2 is 2.41 bits per heavy atom. The topological polar surface area (TPSA) is 25.4 Å². The highest BCUT2D eigenvalue weighted by atomic mass is 35.5. The largest absolute Gasteiger partial charge is 0.481 e. The van der Waals surface area contributed by atoms with Gasteiger partial charge in [0.15, 0.2) is 0 Å². The third-order valence-electron chi connectivity index (χ3n) is 3.33. The third kappa shape index (κ3) is 3.03. The Labute approximate surface area is 108 Å². The highest BCUT2D eigenvalue weighted by Gasteiger charge is 2.22. The number of methoxy groups -OCH3 is 1. The van der Waals surface area contributed by atoms with Gasteiger partial charge in [-0.25, -0.2) is 4.98 Å². The normalized spacial score (nSPS) is 20.4. The van der Waals surface area contributed by atoms with E-state index in [0.29, 0.717) is 11.9 Å². The number of pyridine rings is 1. The second-order valence-corrected chi connectivity index (χ2v) is 4.76. The smallest absolute Gasteiger partial charge is 0.214 e. The molecule has 17 heavy (non-hydrogen) atoms. The zero-order valence-corrected chi connectivity index (χ0v) is 11.0. The van der Waals surface area contributed by atoms with Crippen LogP contribution in [0, 0.1) is 0 Å². The fraction of sp³-hybridized carbons (Fsp3) is 0.615. The molecule has 0 amide bonds. The Kier molecular flexibility index (Phi) is 4.49. The molecular formula is C13H19ClN2O. The second-order valence-electron chi connectivity index (χ2n) is 4.38. The van der Waals surface area contributed by atoms with Crippen LogP contribution in [0.3, 0.4) is 0 Å². The van der Waals surface area contributed by atoms with E-state index in [1.807, 2.05) is 6.07 Å². The van der Waals surface area contributed by atoms with Gasteiger partial charge in [-0.2, -0.15) is 0 Å². The summed E-state index contributed by atoms with van der Waals surface area (Å²) in [7, 11) is 1.65. The summed E-state index contributed by atoms with van der Waals surface area (Å²) in [5, 5.41) is 0. The molecule has 1 atom stereocenters. The van der Waals surface area contributed by atoms with Crippen molar-refractivity contribution in [3.8, 4) is 5.88 Å². The highest BCUT2D eigenvalue weighted by molar-refractivity contribution is 6.17. The van der Waals surface area contributed by atoms with Crippen LogP contribution < -0.4 is 9.64 Å². The molecule has 2 heterocycles. The maximum absolute atomic E-state index is 5.88. The zero-order valence-electron chi connectivity index (χ0n) is 10.2. The monoisotopic (exact) mass is 254 g/mol. The van der Waals surface area contributed by atoms with Crippen LogP contribution >= 0.6 is 11.6 Å². The zero-order chi connectivity index (χ0) is 12.1. The lowest BCUT2D eigenvalue weighted by molar-refractivity contribution is 0.396. The van der Waals surface area contributed by atoms with Crippen LogP contribution in [0.4, 0.5) is 5.69 Å². The Morgan fingerprint density at radius 1 is 1.53 bits per heavy atom. The molecular weight excluding hydrogens is 236 g/mol. The number of aromatic nitrogens is 1. The molecule has 4 heteroatoms. The maximum Gasteiger partial charge on any atom is 0.214 e.